The molecule has 0 bridgehead atoms. The number of aromatic carboxylic acids is 1. The summed E-state index contributed by atoms with van der Waals surface area (Å²) >= 11 is 0. The number of halogens is 1. The van der Waals surface area contributed by atoms with Crippen LogP contribution in [0.15, 0.2) is 47.4 Å². The molecule has 9 heteroatoms. The first-order chi connectivity index (χ1) is 11.2. The maximum Gasteiger partial charge on any atom is 0.338 e. The summed E-state index contributed by atoms with van der Waals surface area (Å²) in [6.45, 7) is 0. The Kier molecular flexibility index (Phi) is 4.84. The molecule has 0 radical (unpaired) electrons. The maximum absolute atomic E-state index is 13.4. The van der Waals surface area contributed by atoms with E-state index in [9.17, 15) is 22.4 Å². The number of sulfonamides is 1. The summed E-state index contributed by atoms with van der Waals surface area (Å²) in [6.07, 6.45) is 0. The van der Waals surface area contributed by atoms with Gasteiger partial charge in [-0.3, -0.25) is 9.52 Å². The summed E-state index contributed by atoms with van der Waals surface area (Å²) in [5.74, 6) is -2.93. The number of rotatable bonds is 5. The van der Waals surface area contributed by atoms with E-state index in [1.807, 2.05) is 0 Å². The molecule has 3 N–H and O–H groups in total. The van der Waals surface area contributed by atoms with Gasteiger partial charge in [0, 0.05) is 18.3 Å². The van der Waals surface area contributed by atoms with Gasteiger partial charge in [-0.25, -0.2) is 17.6 Å². The molecule has 0 atom stereocenters. The highest BCUT2D eigenvalue weighted by molar-refractivity contribution is 7.92. The predicted molar refractivity (Wildman–Crippen MR) is 84.0 cm³/mol. The predicted octanol–water partition coefficient (Wildman–Crippen LogP) is 1.68. The molecule has 2 aromatic carbocycles. The van der Waals surface area contributed by atoms with Crippen LogP contribution in [-0.2, 0) is 10.0 Å². The minimum Gasteiger partial charge on any atom is -0.478 e. The van der Waals surface area contributed by atoms with Crippen LogP contribution < -0.4 is 10.0 Å². The molecular formula is C15H13FN2O5S. The van der Waals surface area contributed by atoms with Crippen LogP contribution in [0, 0.1) is 5.82 Å². The molecule has 0 aliphatic rings. The van der Waals surface area contributed by atoms with Gasteiger partial charge >= 0.3 is 5.97 Å². The number of carbonyl (C=O) groups is 2. The van der Waals surface area contributed by atoms with E-state index in [-0.39, 0.29) is 11.6 Å². The second-order valence-electron chi connectivity index (χ2n) is 4.71. The van der Waals surface area contributed by atoms with Crippen molar-refractivity contribution in [3.05, 3.63) is 59.4 Å². The largest absolute Gasteiger partial charge is 0.478 e. The van der Waals surface area contributed by atoms with Crippen LogP contribution in [0.1, 0.15) is 20.7 Å². The van der Waals surface area contributed by atoms with Crippen LogP contribution in [0.3, 0.4) is 0 Å². The van der Waals surface area contributed by atoms with Crippen LogP contribution in [0.4, 0.5) is 10.1 Å². The fraction of sp³-hybridized carbons (Fsp3) is 0.0667. The summed E-state index contributed by atoms with van der Waals surface area (Å²) in [4.78, 5) is 21.9. The highest BCUT2D eigenvalue weighted by Gasteiger charge is 2.19. The zero-order chi connectivity index (χ0) is 17.9. The molecule has 0 unspecified atom stereocenters. The lowest BCUT2D eigenvalue weighted by atomic mass is 10.2. The Morgan fingerprint density at radius 2 is 1.71 bits per heavy atom. The van der Waals surface area contributed by atoms with Crippen molar-refractivity contribution in [2.45, 2.75) is 4.90 Å². The van der Waals surface area contributed by atoms with Gasteiger partial charge in [0.25, 0.3) is 15.9 Å². The van der Waals surface area contributed by atoms with Crippen LogP contribution in [0.25, 0.3) is 0 Å². The number of hydrogen-bond donors (Lipinski definition) is 3. The van der Waals surface area contributed by atoms with Gasteiger partial charge in [-0.15, -0.1) is 0 Å². The lowest BCUT2D eigenvalue weighted by Gasteiger charge is -2.09. The standard InChI is InChI=1S/C15H13FN2O5S/c1-17-14(19)9-2-4-10(5-3-9)18-24(22,23)11-6-7-13(16)12(8-11)15(20)21/h2-8,18H,1H3,(H,17,19)(H,20,21). The zero-order valence-electron chi connectivity index (χ0n) is 12.4. The first kappa shape index (κ1) is 17.4. The van der Waals surface area contributed by atoms with E-state index in [4.69, 9.17) is 5.11 Å². The van der Waals surface area contributed by atoms with Crippen molar-refractivity contribution in [2.75, 3.05) is 11.8 Å². The van der Waals surface area contributed by atoms with E-state index in [0.717, 1.165) is 18.2 Å². The lowest BCUT2D eigenvalue weighted by molar-refractivity contribution is 0.0691. The van der Waals surface area contributed by atoms with Gasteiger partial charge in [-0.05, 0) is 42.5 Å². The molecule has 0 aliphatic heterocycles. The van der Waals surface area contributed by atoms with Gasteiger partial charge < -0.3 is 10.4 Å². The number of carboxylic acid groups (broad SMARTS) is 1. The molecule has 0 aliphatic carbocycles. The third-order valence-electron chi connectivity index (χ3n) is 3.10. The normalized spacial score (nSPS) is 10.9. The van der Waals surface area contributed by atoms with E-state index in [1.165, 1.54) is 31.3 Å². The molecule has 1 amide bonds. The average molecular weight is 352 g/mol. The van der Waals surface area contributed by atoms with E-state index < -0.39 is 32.3 Å². The Labute approximate surface area is 137 Å². The molecular weight excluding hydrogens is 339 g/mol. The number of amides is 1. The van der Waals surface area contributed by atoms with Crippen LogP contribution >= 0.6 is 0 Å². The second-order valence-corrected chi connectivity index (χ2v) is 6.39. The molecule has 0 fully saturated rings. The summed E-state index contributed by atoms with van der Waals surface area (Å²) in [7, 11) is -2.64. The Morgan fingerprint density at radius 3 is 2.25 bits per heavy atom. The Balaban J connectivity index is 2.30. The summed E-state index contributed by atoms with van der Waals surface area (Å²) < 4.78 is 40.1. The Hall–Kier alpha value is -2.94. The fourth-order valence-electron chi connectivity index (χ4n) is 1.88. The molecule has 0 saturated heterocycles. The number of nitrogens with one attached hydrogen (secondary N) is 2. The zero-order valence-corrected chi connectivity index (χ0v) is 13.2. The SMILES string of the molecule is CNC(=O)c1ccc(NS(=O)(=O)c2ccc(F)c(C(=O)O)c2)cc1. The number of hydrogen-bond acceptors (Lipinski definition) is 4. The topological polar surface area (TPSA) is 113 Å². The highest BCUT2D eigenvalue weighted by atomic mass is 32.2. The summed E-state index contributed by atoms with van der Waals surface area (Å²) in [6, 6.07) is 8.07. The van der Waals surface area contributed by atoms with E-state index >= 15 is 0 Å². The number of carbonyl (C=O) groups excluding carboxylic acids is 1. The number of carboxylic acids is 1. The third kappa shape index (κ3) is 3.69. The number of benzene rings is 2. The lowest BCUT2D eigenvalue weighted by Crippen LogP contribution is -2.18. The summed E-state index contributed by atoms with van der Waals surface area (Å²) in [5.41, 5.74) is -0.230. The van der Waals surface area contributed by atoms with Gasteiger partial charge in [0.05, 0.1) is 10.5 Å². The van der Waals surface area contributed by atoms with Crippen LogP contribution in [0.5, 0.6) is 0 Å². The van der Waals surface area contributed by atoms with Gasteiger partial charge in [0.15, 0.2) is 0 Å². The van der Waals surface area contributed by atoms with Crippen molar-refractivity contribution < 1.29 is 27.5 Å². The van der Waals surface area contributed by atoms with Gasteiger partial charge in [0.2, 0.25) is 0 Å². The van der Waals surface area contributed by atoms with Gasteiger partial charge in [0.1, 0.15) is 5.82 Å². The molecule has 0 aromatic heterocycles. The maximum atomic E-state index is 13.4. The molecule has 2 aromatic rings. The second kappa shape index (κ2) is 6.67. The quantitative estimate of drug-likeness (QED) is 0.758. The number of anilines is 1. The highest BCUT2D eigenvalue weighted by Crippen LogP contribution is 2.19. The minimum absolute atomic E-state index is 0.170. The van der Waals surface area contributed by atoms with Crippen molar-refractivity contribution >= 4 is 27.6 Å². The first-order valence-corrected chi connectivity index (χ1v) is 8.10. The van der Waals surface area contributed by atoms with Crippen molar-refractivity contribution in [3.63, 3.8) is 0 Å². The van der Waals surface area contributed by atoms with E-state index in [0.29, 0.717) is 5.56 Å². The van der Waals surface area contributed by atoms with Crippen LogP contribution in [0.2, 0.25) is 0 Å². The van der Waals surface area contributed by atoms with Crippen molar-refractivity contribution in [2.24, 2.45) is 0 Å². The molecule has 0 saturated carbocycles. The van der Waals surface area contributed by atoms with Crippen molar-refractivity contribution in [1.82, 2.24) is 5.32 Å². The van der Waals surface area contributed by atoms with Crippen molar-refractivity contribution in [3.8, 4) is 0 Å². The monoisotopic (exact) mass is 352 g/mol. The van der Waals surface area contributed by atoms with Crippen LogP contribution in [-0.4, -0.2) is 32.4 Å². The van der Waals surface area contributed by atoms with Crippen molar-refractivity contribution in [1.29, 1.82) is 0 Å². The smallest absolute Gasteiger partial charge is 0.338 e. The van der Waals surface area contributed by atoms with E-state index in [2.05, 4.69) is 10.0 Å². The summed E-state index contributed by atoms with van der Waals surface area (Å²) in [5, 5.41) is 11.3. The van der Waals surface area contributed by atoms with E-state index in [1.54, 1.807) is 0 Å². The Bertz CT molecular complexity index is 895. The fourth-order valence-corrected chi connectivity index (χ4v) is 2.97. The molecule has 2 rings (SSSR count). The Morgan fingerprint density at radius 1 is 1.08 bits per heavy atom. The minimum atomic E-state index is -4.11. The first-order valence-electron chi connectivity index (χ1n) is 6.62. The van der Waals surface area contributed by atoms with Gasteiger partial charge in [-0.1, -0.05) is 0 Å². The van der Waals surface area contributed by atoms with Gasteiger partial charge in [-0.2, -0.15) is 0 Å². The molecule has 7 nitrogen and oxygen atoms in total. The average Bonchev–Trinajstić information content (AvgIpc) is 2.54. The third-order valence-corrected chi connectivity index (χ3v) is 4.48. The molecule has 126 valence electrons. The molecule has 0 heterocycles. The molecule has 24 heavy (non-hydrogen) atoms. The molecule has 0 spiro atoms.